The largest absolute Gasteiger partial charge is 0.379 e. The Balaban J connectivity index is 2.31. The second-order valence-electron chi connectivity index (χ2n) is 3.29. The zero-order chi connectivity index (χ0) is 9.26. The molecule has 2 rings (SSSR count). The first kappa shape index (κ1) is 8.35. The van der Waals surface area contributed by atoms with E-state index in [9.17, 15) is 4.39 Å². The Kier molecular flexibility index (Phi) is 2.08. The van der Waals surface area contributed by atoms with Gasteiger partial charge >= 0.3 is 0 Å². The van der Waals surface area contributed by atoms with Crippen LogP contribution < -0.4 is 10.6 Å². The van der Waals surface area contributed by atoms with Crippen LogP contribution in [0.1, 0.15) is 13.3 Å². The van der Waals surface area contributed by atoms with E-state index in [0.717, 1.165) is 18.7 Å². The Morgan fingerprint density at radius 2 is 2.38 bits per heavy atom. The molecular weight excluding hydrogens is 167 g/mol. The standard InChI is InChI=1S/C10H13FN2/c1-2-7-6-12-10-8(11)4-3-5-9(10)13-7/h3-5,7,12-13H,2,6H2,1H3. The smallest absolute Gasteiger partial charge is 0.148 e. The van der Waals surface area contributed by atoms with Gasteiger partial charge in [-0.05, 0) is 18.6 Å². The first-order chi connectivity index (χ1) is 6.31. The molecule has 1 aliphatic rings. The topological polar surface area (TPSA) is 24.1 Å². The predicted octanol–water partition coefficient (Wildman–Crippen LogP) is 2.44. The molecule has 1 heterocycles. The van der Waals surface area contributed by atoms with Crippen molar-refractivity contribution in [3.05, 3.63) is 24.0 Å². The molecule has 0 spiro atoms. The van der Waals surface area contributed by atoms with Crippen molar-refractivity contribution in [1.82, 2.24) is 0 Å². The van der Waals surface area contributed by atoms with Crippen LogP contribution in [0.3, 0.4) is 0 Å². The van der Waals surface area contributed by atoms with Crippen molar-refractivity contribution in [1.29, 1.82) is 0 Å². The van der Waals surface area contributed by atoms with Gasteiger partial charge in [0, 0.05) is 12.6 Å². The number of fused-ring (bicyclic) bond motifs is 1. The van der Waals surface area contributed by atoms with Crippen molar-refractivity contribution in [3.63, 3.8) is 0 Å². The van der Waals surface area contributed by atoms with E-state index < -0.39 is 0 Å². The fourth-order valence-electron chi connectivity index (χ4n) is 1.57. The first-order valence-electron chi connectivity index (χ1n) is 4.60. The summed E-state index contributed by atoms with van der Waals surface area (Å²) < 4.78 is 13.2. The molecule has 0 amide bonds. The summed E-state index contributed by atoms with van der Waals surface area (Å²) in [6.45, 7) is 2.91. The molecule has 70 valence electrons. The van der Waals surface area contributed by atoms with Crippen molar-refractivity contribution in [2.45, 2.75) is 19.4 Å². The Labute approximate surface area is 77.2 Å². The van der Waals surface area contributed by atoms with E-state index >= 15 is 0 Å². The van der Waals surface area contributed by atoms with Crippen LogP contribution in [0.2, 0.25) is 0 Å². The highest BCUT2D eigenvalue weighted by molar-refractivity contribution is 5.71. The number of halogens is 1. The molecule has 13 heavy (non-hydrogen) atoms. The number of hydrogen-bond donors (Lipinski definition) is 2. The summed E-state index contributed by atoms with van der Waals surface area (Å²) >= 11 is 0. The number of rotatable bonds is 1. The van der Waals surface area contributed by atoms with E-state index in [1.54, 1.807) is 6.07 Å². The zero-order valence-electron chi connectivity index (χ0n) is 7.60. The molecule has 0 aliphatic carbocycles. The Morgan fingerprint density at radius 3 is 3.15 bits per heavy atom. The van der Waals surface area contributed by atoms with Crippen LogP contribution in [0, 0.1) is 5.82 Å². The summed E-state index contributed by atoms with van der Waals surface area (Å²) in [5.41, 5.74) is 1.48. The highest BCUT2D eigenvalue weighted by Gasteiger charge is 2.17. The van der Waals surface area contributed by atoms with Crippen LogP contribution in [0.15, 0.2) is 18.2 Å². The number of hydrogen-bond acceptors (Lipinski definition) is 2. The van der Waals surface area contributed by atoms with Gasteiger partial charge in [0.2, 0.25) is 0 Å². The monoisotopic (exact) mass is 180 g/mol. The molecule has 2 N–H and O–H groups in total. The predicted molar refractivity (Wildman–Crippen MR) is 52.6 cm³/mol. The molecule has 1 aromatic carbocycles. The van der Waals surface area contributed by atoms with Crippen LogP contribution in [0.4, 0.5) is 15.8 Å². The van der Waals surface area contributed by atoms with Gasteiger partial charge in [-0.1, -0.05) is 13.0 Å². The van der Waals surface area contributed by atoms with Gasteiger partial charge in [0.05, 0.1) is 11.4 Å². The maximum Gasteiger partial charge on any atom is 0.148 e. The molecule has 0 radical (unpaired) electrons. The van der Waals surface area contributed by atoms with Gasteiger partial charge in [0.25, 0.3) is 0 Å². The number of para-hydroxylation sites is 1. The van der Waals surface area contributed by atoms with Crippen LogP contribution in [0.25, 0.3) is 0 Å². The van der Waals surface area contributed by atoms with Gasteiger partial charge in [-0.3, -0.25) is 0 Å². The molecule has 1 unspecified atom stereocenters. The molecule has 1 aliphatic heterocycles. The lowest BCUT2D eigenvalue weighted by molar-refractivity contribution is 0.622. The van der Waals surface area contributed by atoms with Gasteiger partial charge < -0.3 is 10.6 Å². The summed E-state index contributed by atoms with van der Waals surface area (Å²) in [5.74, 6) is -0.181. The second-order valence-corrected chi connectivity index (χ2v) is 3.29. The molecule has 0 aromatic heterocycles. The Bertz CT molecular complexity index is 312. The molecular formula is C10H13FN2. The summed E-state index contributed by atoms with van der Waals surface area (Å²) in [6.07, 6.45) is 1.04. The quantitative estimate of drug-likeness (QED) is 0.693. The highest BCUT2D eigenvalue weighted by Crippen LogP contribution is 2.28. The second kappa shape index (κ2) is 3.24. The van der Waals surface area contributed by atoms with Gasteiger partial charge in [-0.25, -0.2) is 4.39 Å². The molecule has 0 saturated heterocycles. The summed E-state index contributed by atoms with van der Waals surface area (Å²) in [4.78, 5) is 0. The average molecular weight is 180 g/mol. The van der Waals surface area contributed by atoms with Crippen molar-refractivity contribution in [2.75, 3.05) is 17.2 Å². The first-order valence-corrected chi connectivity index (χ1v) is 4.60. The highest BCUT2D eigenvalue weighted by atomic mass is 19.1. The molecule has 2 nitrogen and oxygen atoms in total. The van der Waals surface area contributed by atoms with Gasteiger partial charge in [0.1, 0.15) is 5.82 Å². The minimum Gasteiger partial charge on any atom is -0.379 e. The minimum atomic E-state index is -0.181. The van der Waals surface area contributed by atoms with Crippen LogP contribution in [-0.4, -0.2) is 12.6 Å². The maximum atomic E-state index is 13.2. The van der Waals surface area contributed by atoms with E-state index in [1.807, 2.05) is 6.07 Å². The summed E-state index contributed by atoms with van der Waals surface area (Å²) in [5, 5.41) is 6.38. The Morgan fingerprint density at radius 1 is 1.54 bits per heavy atom. The van der Waals surface area contributed by atoms with Crippen molar-refractivity contribution >= 4 is 11.4 Å². The molecule has 3 heteroatoms. The normalized spacial score (nSPS) is 20.0. The van der Waals surface area contributed by atoms with Crippen LogP contribution in [0.5, 0.6) is 0 Å². The number of benzene rings is 1. The third-order valence-corrected chi connectivity index (χ3v) is 2.39. The van der Waals surface area contributed by atoms with E-state index in [1.165, 1.54) is 6.07 Å². The lowest BCUT2D eigenvalue weighted by atomic mass is 10.1. The summed E-state index contributed by atoms with van der Waals surface area (Å²) in [6, 6.07) is 5.50. The number of nitrogens with one attached hydrogen (secondary N) is 2. The Hall–Kier alpha value is -1.25. The van der Waals surface area contributed by atoms with E-state index in [4.69, 9.17) is 0 Å². The molecule has 0 bridgehead atoms. The van der Waals surface area contributed by atoms with Gasteiger partial charge in [-0.15, -0.1) is 0 Å². The zero-order valence-corrected chi connectivity index (χ0v) is 7.60. The van der Waals surface area contributed by atoms with Crippen LogP contribution in [-0.2, 0) is 0 Å². The van der Waals surface area contributed by atoms with Gasteiger partial charge in [0.15, 0.2) is 0 Å². The fourth-order valence-corrected chi connectivity index (χ4v) is 1.57. The van der Waals surface area contributed by atoms with Crippen LogP contribution >= 0.6 is 0 Å². The third-order valence-electron chi connectivity index (χ3n) is 2.39. The van der Waals surface area contributed by atoms with Crippen molar-refractivity contribution in [3.8, 4) is 0 Å². The van der Waals surface area contributed by atoms with Crippen molar-refractivity contribution in [2.24, 2.45) is 0 Å². The van der Waals surface area contributed by atoms with E-state index in [2.05, 4.69) is 17.6 Å². The lowest BCUT2D eigenvalue weighted by Crippen LogP contribution is -2.32. The average Bonchev–Trinajstić information content (AvgIpc) is 2.18. The fraction of sp³-hybridized carbons (Fsp3) is 0.400. The molecule has 0 fully saturated rings. The summed E-state index contributed by atoms with van der Waals surface area (Å²) in [7, 11) is 0. The van der Waals surface area contributed by atoms with Gasteiger partial charge in [-0.2, -0.15) is 0 Å². The number of anilines is 2. The lowest BCUT2D eigenvalue weighted by Gasteiger charge is -2.27. The minimum absolute atomic E-state index is 0.181. The SMILES string of the molecule is CCC1CNc2c(F)cccc2N1. The van der Waals surface area contributed by atoms with Crippen molar-refractivity contribution < 1.29 is 4.39 Å². The maximum absolute atomic E-state index is 13.2. The third kappa shape index (κ3) is 1.46. The van der Waals surface area contributed by atoms with E-state index in [0.29, 0.717) is 11.7 Å². The molecule has 1 aromatic rings. The van der Waals surface area contributed by atoms with E-state index in [-0.39, 0.29) is 5.82 Å². The molecule has 1 atom stereocenters. The molecule has 0 saturated carbocycles.